The van der Waals surface area contributed by atoms with Gasteiger partial charge in [-0.15, -0.1) is 15.3 Å². The van der Waals surface area contributed by atoms with Gasteiger partial charge < -0.3 is 56.8 Å². The molecule has 0 aliphatic rings. The number of rotatable bonds is 48. The third-order valence-electron chi connectivity index (χ3n) is 18.7. The zero-order valence-electron chi connectivity index (χ0n) is 78.9. The second-order valence-electron chi connectivity index (χ2n) is 29.4. The molecular formula is C106H95F3N18O18. The SMILES string of the molecule is C=CC(=O)OCCOc1ccc(N=Nc2ccc(N=Nc3ccc(N=Nc4ccc(OCCOC(=O)C=C)cc4F)cc3)c(C)c2)cc1.C=CC(=O)OCCOc1ccc(N=Nc2ccc(N=Nc3ccc(N=Nc4ccc(OCCOC(=O)C=C)cc4F)cc3)cc2C)cc1.C=CC(=O)OCCOc1ccc(N=Nc2ccc(N=Nc3ccc(N=Nc4ccc(OCCOC(=O)C=C)cc4F)cc3C)c(C)c2)cc1. The lowest BCUT2D eigenvalue weighted by atomic mass is 10.2. The molecule has 0 spiro atoms. The van der Waals surface area contributed by atoms with Gasteiger partial charge in [-0.3, -0.25) is 0 Å². The second-order valence-corrected chi connectivity index (χ2v) is 29.4. The Morgan fingerprint density at radius 2 is 0.338 bits per heavy atom. The van der Waals surface area contributed by atoms with Gasteiger partial charge in [0.25, 0.3) is 0 Å². The Bertz CT molecular complexity index is 6830. The minimum absolute atomic E-state index is 0.0118. The first-order chi connectivity index (χ1) is 70.4. The van der Waals surface area contributed by atoms with E-state index in [0.29, 0.717) is 103 Å². The quantitative estimate of drug-likeness (QED) is 0.0112. The molecule has 0 amide bonds. The maximum absolute atomic E-state index is 14.5. The molecule has 0 saturated carbocycles. The Balaban J connectivity index is 0.000000223. The largest absolute Gasteiger partial charge is 0.490 e. The highest BCUT2D eigenvalue weighted by Crippen LogP contribution is 2.37. The van der Waals surface area contributed by atoms with E-state index in [4.69, 9.17) is 56.8 Å². The van der Waals surface area contributed by atoms with Crippen LogP contribution >= 0.6 is 0 Å². The maximum Gasteiger partial charge on any atom is 0.330 e. The van der Waals surface area contributed by atoms with Crippen molar-refractivity contribution in [1.82, 2.24) is 0 Å². The van der Waals surface area contributed by atoms with Crippen LogP contribution in [0.25, 0.3) is 0 Å². The molecule has 0 atom stereocenters. The maximum atomic E-state index is 14.5. The van der Waals surface area contributed by atoms with Gasteiger partial charge in [0.15, 0.2) is 17.5 Å². The number of hydrogen-bond acceptors (Lipinski definition) is 36. The van der Waals surface area contributed by atoms with Gasteiger partial charge in [0.1, 0.15) is 131 Å². The summed E-state index contributed by atoms with van der Waals surface area (Å²) < 4.78 is 105. The molecule has 0 bridgehead atoms. The van der Waals surface area contributed by atoms with Crippen LogP contribution in [0.5, 0.6) is 34.5 Å². The minimum atomic E-state index is -0.615. The summed E-state index contributed by atoms with van der Waals surface area (Å²) in [6, 6.07) is 68.8. The predicted octanol–water partition coefficient (Wildman–Crippen LogP) is 29.1. The number of nitrogens with zero attached hydrogens (tertiary/aromatic N) is 18. The summed E-state index contributed by atoms with van der Waals surface area (Å²) in [6.45, 7) is 28.8. The van der Waals surface area contributed by atoms with E-state index in [1.165, 1.54) is 36.4 Å². The van der Waals surface area contributed by atoms with E-state index in [1.54, 1.807) is 188 Å². The Kier molecular flexibility index (Phi) is 43.6. The van der Waals surface area contributed by atoms with E-state index in [9.17, 15) is 41.9 Å². The molecule has 36 nitrogen and oxygen atoms in total. The average Bonchev–Trinajstić information content (AvgIpc) is 0.811. The van der Waals surface area contributed by atoms with Crippen molar-refractivity contribution in [2.45, 2.75) is 27.7 Å². The highest BCUT2D eigenvalue weighted by atomic mass is 19.1. The zero-order valence-corrected chi connectivity index (χ0v) is 78.9. The summed E-state index contributed by atoms with van der Waals surface area (Å²) in [5, 5.41) is 76.0. The van der Waals surface area contributed by atoms with Crippen LogP contribution in [0.3, 0.4) is 0 Å². The Labute approximate surface area is 830 Å². The van der Waals surface area contributed by atoms with Gasteiger partial charge in [0.05, 0.1) is 85.3 Å². The summed E-state index contributed by atoms with van der Waals surface area (Å²) in [5.41, 5.74) is 12.7. The number of carbonyl (C=O) groups is 6. The molecule has 145 heavy (non-hydrogen) atoms. The highest BCUT2D eigenvalue weighted by molar-refractivity contribution is 5.83. The average molecular weight is 1970 g/mol. The number of azo groups is 9. The van der Waals surface area contributed by atoms with E-state index >= 15 is 0 Å². The number of ether oxygens (including phenoxy) is 12. The molecule has 0 aliphatic carbocycles. The lowest BCUT2D eigenvalue weighted by Crippen LogP contribution is -2.10. The third kappa shape index (κ3) is 38.7. The van der Waals surface area contributed by atoms with Crippen LogP contribution < -0.4 is 28.4 Å². The summed E-state index contributed by atoms with van der Waals surface area (Å²) in [7, 11) is 0. The fourth-order valence-electron chi connectivity index (χ4n) is 11.4. The first kappa shape index (κ1) is 108. The van der Waals surface area contributed by atoms with Crippen LogP contribution in [-0.4, -0.2) is 115 Å². The summed E-state index contributed by atoms with van der Waals surface area (Å²) >= 11 is 0. The van der Waals surface area contributed by atoms with E-state index in [1.807, 2.05) is 52.0 Å². The number of esters is 6. The predicted molar refractivity (Wildman–Crippen MR) is 534 cm³/mol. The standard InChI is InChI=1S/C36H33FN6O6.2C35H31FN6O6/c1-5-35(44)48-19-17-46-29-11-7-26(8-12-29)38-39-27-9-14-32(24(3)21-27)41-42-33-15-10-28(22-25(33)4)40-43-34-16-13-30(23-31(34)37)47-18-20-49-36(45)6-2;1-4-34(43)47-20-18-45-29-13-10-27(11-14-29)37-40-28-12-16-32(24(3)22-28)41-38-25-6-8-26(9-7-25)39-42-33-17-15-30(23-31(33)36)46-19-21-48-35(44)5-2;1-4-34(43)47-20-18-45-29-13-10-27(11-14-29)38-41-32-16-12-28(22-24(32)3)40-37-25-6-8-26(9-7-25)39-42-33-17-15-30(23-31(33)36)46-19-21-48-35(44)5-2/h5-16,21-23H,1-2,17-20H2,3-4H3;2*4-17,22-23H,1-2,18-21H2,3H3. The number of halogens is 3. The van der Waals surface area contributed by atoms with Crippen LogP contribution in [0.2, 0.25) is 0 Å². The Hall–Kier alpha value is -19.1. The summed E-state index contributed by atoms with van der Waals surface area (Å²) in [5.74, 6) is -2.38. The van der Waals surface area contributed by atoms with Crippen molar-refractivity contribution in [1.29, 1.82) is 0 Å². The monoisotopic (exact) mass is 1960 g/mol. The van der Waals surface area contributed by atoms with Gasteiger partial charge in [-0.2, -0.15) is 76.7 Å². The number of hydrogen-bond donors (Lipinski definition) is 0. The Morgan fingerprint density at radius 1 is 0.193 bits per heavy atom. The van der Waals surface area contributed by atoms with Crippen molar-refractivity contribution >= 4 is 138 Å². The van der Waals surface area contributed by atoms with Crippen molar-refractivity contribution in [2.75, 3.05) is 79.3 Å². The molecule has 0 N–H and O–H groups in total. The number of aryl methyl sites for hydroxylation is 4. The second kappa shape index (κ2) is 58.6. The van der Waals surface area contributed by atoms with E-state index in [-0.39, 0.29) is 114 Å². The van der Waals surface area contributed by atoms with E-state index in [2.05, 4.69) is 132 Å². The zero-order chi connectivity index (χ0) is 103. The van der Waals surface area contributed by atoms with Gasteiger partial charge in [-0.05, 0) is 280 Å². The molecule has 0 radical (unpaired) electrons. The van der Waals surface area contributed by atoms with Crippen molar-refractivity contribution in [2.24, 2.45) is 92.1 Å². The molecule has 0 aliphatic heterocycles. The molecular weight excluding hydrogens is 1870 g/mol. The highest BCUT2D eigenvalue weighted by Gasteiger charge is 2.14. The van der Waals surface area contributed by atoms with Crippen LogP contribution in [0, 0.1) is 45.1 Å². The lowest BCUT2D eigenvalue weighted by molar-refractivity contribution is -0.139. The van der Waals surface area contributed by atoms with Gasteiger partial charge in [-0.1, -0.05) is 39.5 Å². The first-order valence-electron chi connectivity index (χ1n) is 44.0. The van der Waals surface area contributed by atoms with Crippen molar-refractivity contribution in [3.63, 3.8) is 0 Å². The molecule has 12 aromatic carbocycles. The first-order valence-corrected chi connectivity index (χ1v) is 44.0. The number of carbonyl (C=O) groups excluding carboxylic acids is 6. The molecule has 0 unspecified atom stereocenters. The Morgan fingerprint density at radius 3 is 0.531 bits per heavy atom. The minimum Gasteiger partial charge on any atom is -0.490 e. The fourth-order valence-corrected chi connectivity index (χ4v) is 11.4. The molecule has 12 rings (SSSR count). The van der Waals surface area contributed by atoms with Crippen LogP contribution in [0.1, 0.15) is 22.3 Å². The van der Waals surface area contributed by atoms with Gasteiger partial charge in [-0.25, -0.2) is 41.9 Å². The third-order valence-corrected chi connectivity index (χ3v) is 18.7. The van der Waals surface area contributed by atoms with Crippen molar-refractivity contribution < 1.29 is 98.8 Å². The molecule has 0 saturated heterocycles. The molecule has 12 aromatic rings. The van der Waals surface area contributed by atoms with Gasteiger partial charge in [0.2, 0.25) is 0 Å². The molecule has 39 heteroatoms. The lowest BCUT2D eigenvalue weighted by Gasteiger charge is -2.07. The van der Waals surface area contributed by atoms with Crippen LogP contribution in [-0.2, 0) is 57.2 Å². The summed E-state index contributed by atoms with van der Waals surface area (Å²) in [6.07, 6.45) is 6.44. The molecule has 0 heterocycles. The topological polar surface area (TPSA) is 436 Å². The van der Waals surface area contributed by atoms with Gasteiger partial charge >= 0.3 is 35.8 Å². The molecule has 0 aromatic heterocycles. The van der Waals surface area contributed by atoms with Crippen molar-refractivity contribution in [3.05, 3.63) is 364 Å². The fraction of sp³-hybridized carbons (Fsp3) is 0.151. The smallest absolute Gasteiger partial charge is 0.330 e. The van der Waals surface area contributed by atoms with Crippen LogP contribution in [0.15, 0.2) is 417 Å². The number of benzene rings is 12. The molecule has 738 valence electrons. The van der Waals surface area contributed by atoms with Gasteiger partial charge in [0, 0.05) is 54.7 Å². The normalized spacial score (nSPS) is 11.1. The van der Waals surface area contributed by atoms with E-state index in [0.717, 1.165) is 58.7 Å². The summed E-state index contributed by atoms with van der Waals surface area (Å²) in [4.78, 5) is 66.3. The van der Waals surface area contributed by atoms with Crippen molar-refractivity contribution in [3.8, 4) is 34.5 Å². The van der Waals surface area contributed by atoms with Crippen LogP contribution in [0.4, 0.5) is 116 Å². The molecule has 0 fully saturated rings. The van der Waals surface area contributed by atoms with E-state index < -0.39 is 53.3 Å².